The number of benzene rings is 2. The summed E-state index contributed by atoms with van der Waals surface area (Å²) in [6, 6.07) is 18.3. The maximum absolute atomic E-state index is 11.9. The maximum Gasteiger partial charge on any atom is 0.254 e. The normalized spacial score (nSPS) is 11.4. The molecule has 144 valence electrons. The van der Waals surface area contributed by atoms with Crippen molar-refractivity contribution in [2.24, 2.45) is 7.05 Å². The van der Waals surface area contributed by atoms with Crippen LogP contribution in [0.5, 0.6) is 0 Å². The molecule has 1 aromatic heterocycles. The second-order valence-corrected chi connectivity index (χ2v) is 7.24. The van der Waals surface area contributed by atoms with Crippen LogP contribution in [-0.4, -0.2) is 28.5 Å². The SMILES string of the molecule is CN(C)Cc1ccc(/C=C/c2cccc(Cc3cc(=O)n(C)c(N)n3)c2)cc1. The van der Waals surface area contributed by atoms with Crippen molar-refractivity contribution in [3.05, 3.63) is 92.9 Å². The fourth-order valence-electron chi connectivity index (χ4n) is 3.00. The molecule has 0 amide bonds. The molecule has 0 aliphatic rings. The molecule has 0 saturated heterocycles. The number of anilines is 1. The Hall–Kier alpha value is -3.18. The molecule has 2 aromatic carbocycles. The van der Waals surface area contributed by atoms with E-state index in [1.807, 2.05) is 12.1 Å². The van der Waals surface area contributed by atoms with Crippen molar-refractivity contribution in [2.75, 3.05) is 19.8 Å². The van der Waals surface area contributed by atoms with Gasteiger partial charge in [0.05, 0.1) is 5.69 Å². The van der Waals surface area contributed by atoms with Gasteiger partial charge in [0, 0.05) is 26.1 Å². The van der Waals surface area contributed by atoms with Crippen molar-refractivity contribution in [1.29, 1.82) is 0 Å². The van der Waals surface area contributed by atoms with Crippen LogP contribution in [0.15, 0.2) is 59.4 Å². The number of hydrogen-bond acceptors (Lipinski definition) is 4. The predicted molar refractivity (Wildman–Crippen MR) is 116 cm³/mol. The molecule has 0 unspecified atom stereocenters. The highest BCUT2D eigenvalue weighted by atomic mass is 16.1. The summed E-state index contributed by atoms with van der Waals surface area (Å²) >= 11 is 0. The predicted octanol–water partition coefficient (Wildman–Crippen LogP) is 3.19. The quantitative estimate of drug-likeness (QED) is 0.673. The van der Waals surface area contributed by atoms with E-state index < -0.39 is 0 Å². The zero-order valence-corrected chi connectivity index (χ0v) is 16.6. The second-order valence-electron chi connectivity index (χ2n) is 7.24. The van der Waals surface area contributed by atoms with Gasteiger partial charge >= 0.3 is 0 Å². The highest BCUT2D eigenvalue weighted by Crippen LogP contribution is 2.14. The standard InChI is InChI=1S/C23H26N4O/c1-26(2)16-19-11-8-17(9-12-19)7-10-18-5-4-6-20(13-18)14-21-15-22(28)27(3)23(24)25-21/h4-13,15H,14,16H2,1-3H3,(H2,24,25)/b10-7+. The number of rotatable bonds is 6. The molecule has 5 nitrogen and oxygen atoms in total. The van der Waals surface area contributed by atoms with Crippen LogP contribution in [0.3, 0.4) is 0 Å². The van der Waals surface area contributed by atoms with Crippen LogP contribution in [0.25, 0.3) is 12.2 Å². The van der Waals surface area contributed by atoms with Gasteiger partial charge in [-0.2, -0.15) is 0 Å². The van der Waals surface area contributed by atoms with Crippen molar-refractivity contribution in [1.82, 2.24) is 14.5 Å². The molecule has 0 bridgehead atoms. The summed E-state index contributed by atoms with van der Waals surface area (Å²) in [6.07, 6.45) is 4.77. The van der Waals surface area contributed by atoms with E-state index in [1.54, 1.807) is 7.05 Å². The zero-order chi connectivity index (χ0) is 20.1. The first-order chi connectivity index (χ1) is 13.4. The first kappa shape index (κ1) is 19.6. The van der Waals surface area contributed by atoms with Gasteiger partial charge in [0.2, 0.25) is 5.95 Å². The van der Waals surface area contributed by atoms with Crippen LogP contribution in [0.2, 0.25) is 0 Å². The molecule has 0 fully saturated rings. The van der Waals surface area contributed by atoms with Crippen molar-refractivity contribution < 1.29 is 0 Å². The van der Waals surface area contributed by atoms with Crippen LogP contribution in [-0.2, 0) is 20.0 Å². The Bertz CT molecular complexity index is 1030. The molecule has 28 heavy (non-hydrogen) atoms. The number of nitrogen functional groups attached to an aromatic ring is 1. The van der Waals surface area contributed by atoms with E-state index in [9.17, 15) is 4.79 Å². The zero-order valence-electron chi connectivity index (χ0n) is 16.6. The lowest BCUT2D eigenvalue weighted by atomic mass is 10.0. The highest BCUT2D eigenvalue weighted by Gasteiger charge is 2.04. The van der Waals surface area contributed by atoms with Gasteiger partial charge in [0.1, 0.15) is 0 Å². The summed E-state index contributed by atoms with van der Waals surface area (Å²) in [6.45, 7) is 0.938. The van der Waals surface area contributed by atoms with Gasteiger partial charge in [-0.3, -0.25) is 9.36 Å². The average Bonchev–Trinajstić information content (AvgIpc) is 2.65. The van der Waals surface area contributed by atoms with Gasteiger partial charge in [-0.15, -0.1) is 0 Å². The molecule has 0 radical (unpaired) electrons. The van der Waals surface area contributed by atoms with E-state index >= 15 is 0 Å². The summed E-state index contributed by atoms with van der Waals surface area (Å²) in [4.78, 5) is 18.3. The lowest BCUT2D eigenvalue weighted by Gasteiger charge is -2.09. The third kappa shape index (κ3) is 5.18. The van der Waals surface area contributed by atoms with Crippen LogP contribution >= 0.6 is 0 Å². The van der Waals surface area contributed by atoms with E-state index in [-0.39, 0.29) is 11.5 Å². The lowest BCUT2D eigenvalue weighted by Crippen LogP contribution is -2.21. The minimum atomic E-state index is -0.142. The lowest BCUT2D eigenvalue weighted by molar-refractivity contribution is 0.402. The molecule has 0 atom stereocenters. The maximum atomic E-state index is 11.9. The summed E-state index contributed by atoms with van der Waals surface area (Å²) < 4.78 is 1.34. The fraction of sp³-hybridized carbons (Fsp3) is 0.217. The van der Waals surface area contributed by atoms with Gasteiger partial charge in [-0.05, 0) is 36.3 Å². The van der Waals surface area contributed by atoms with Crippen LogP contribution in [0.1, 0.15) is 27.9 Å². The van der Waals surface area contributed by atoms with Crippen molar-refractivity contribution in [3.8, 4) is 0 Å². The molecule has 2 N–H and O–H groups in total. The van der Waals surface area contributed by atoms with Gasteiger partial charge in [0.25, 0.3) is 5.56 Å². The third-order valence-electron chi connectivity index (χ3n) is 4.51. The third-order valence-corrected chi connectivity index (χ3v) is 4.51. The average molecular weight is 374 g/mol. The van der Waals surface area contributed by atoms with E-state index in [0.717, 1.165) is 23.2 Å². The van der Waals surface area contributed by atoms with Crippen molar-refractivity contribution in [3.63, 3.8) is 0 Å². The summed E-state index contributed by atoms with van der Waals surface area (Å²) in [5.41, 5.74) is 11.0. The Balaban J connectivity index is 1.72. The van der Waals surface area contributed by atoms with E-state index in [0.29, 0.717) is 12.1 Å². The molecule has 3 aromatic rings. The number of nitrogens with zero attached hydrogens (tertiary/aromatic N) is 3. The Kier molecular flexibility index (Phi) is 6.06. The van der Waals surface area contributed by atoms with Crippen LogP contribution < -0.4 is 11.3 Å². The summed E-state index contributed by atoms with van der Waals surface area (Å²) in [5.74, 6) is 0.233. The van der Waals surface area contributed by atoms with Crippen LogP contribution in [0, 0.1) is 0 Å². The smallest absolute Gasteiger partial charge is 0.254 e. The molecule has 0 spiro atoms. The van der Waals surface area contributed by atoms with Crippen molar-refractivity contribution in [2.45, 2.75) is 13.0 Å². The molecule has 3 rings (SSSR count). The first-order valence-corrected chi connectivity index (χ1v) is 9.24. The fourth-order valence-corrected chi connectivity index (χ4v) is 3.00. The molecule has 0 aliphatic carbocycles. The van der Waals surface area contributed by atoms with E-state index in [2.05, 4.69) is 72.5 Å². The largest absolute Gasteiger partial charge is 0.369 e. The van der Waals surface area contributed by atoms with Gasteiger partial charge < -0.3 is 10.6 Å². The summed E-state index contributed by atoms with van der Waals surface area (Å²) in [5, 5.41) is 0. The van der Waals surface area contributed by atoms with Gasteiger partial charge in [-0.1, -0.05) is 60.7 Å². The molecular formula is C23H26N4O. The Morgan fingerprint density at radius 2 is 1.71 bits per heavy atom. The minimum absolute atomic E-state index is 0.142. The molecule has 0 saturated carbocycles. The number of hydrogen-bond donors (Lipinski definition) is 1. The second kappa shape index (κ2) is 8.67. The van der Waals surface area contributed by atoms with E-state index in [4.69, 9.17) is 5.73 Å². The summed E-state index contributed by atoms with van der Waals surface area (Å²) in [7, 11) is 5.75. The highest BCUT2D eigenvalue weighted by molar-refractivity contribution is 5.70. The number of nitrogens with two attached hydrogens (primary N) is 1. The molecule has 0 aliphatic heterocycles. The van der Waals surface area contributed by atoms with Crippen LogP contribution in [0.4, 0.5) is 5.95 Å². The molecule has 5 heteroatoms. The van der Waals surface area contributed by atoms with Gasteiger partial charge in [0.15, 0.2) is 0 Å². The van der Waals surface area contributed by atoms with Gasteiger partial charge in [-0.25, -0.2) is 4.98 Å². The van der Waals surface area contributed by atoms with E-state index in [1.165, 1.54) is 16.2 Å². The molecular weight excluding hydrogens is 348 g/mol. The molecule has 1 heterocycles. The van der Waals surface area contributed by atoms with Crippen molar-refractivity contribution >= 4 is 18.1 Å². The Morgan fingerprint density at radius 3 is 2.39 bits per heavy atom. The number of aromatic nitrogens is 2. The Morgan fingerprint density at radius 1 is 1.00 bits per heavy atom. The monoisotopic (exact) mass is 374 g/mol. The minimum Gasteiger partial charge on any atom is -0.369 e. The Labute approximate surface area is 165 Å². The topological polar surface area (TPSA) is 64.2 Å². The first-order valence-electron chi connectivity index (χ1n) is 9.24.